The van der Waals surface area contributed by atoms with Gasteiger partial charge in [0.1, 0.15) is 0 Å². The molecule has 3 nitrogen and oxygen atoms in total. The van der Waals surface area contributed by atoms with Crippen LogP contribution in [0.1, 0.15) is 30.4 Å². The van der Waals surface area contributed by atoms with Gasteiger partial charge in [0.25, 0.3) is 0 Å². The van der Waals surface area contributed by atoms with Crippen LogP contribution in [0.15, 0.2) is 60.7 Å². The summed E-state index contributed by atoms with van der Waals surface area (Å²) in [7, 11) is 0. The first-order valence-electron chi connectivity index (χ1n) is 8.65. The zero-order valence-corrected chi connectivity index (χ0v) is 15.2. The van der Waals surface area contributed by atoms with Gasteiger partial charge in [0.15, 0.2) is 0 Å². The van der Waals surface area contributed by atoms with Crippen LogP contribution < -0.4 is 5.32 Å². The Kier molecular flexibility index (Phi) is 7.71. The van der Waals surface area contributed by atoms with Crippen LogP contribution in [0.2, 0.25) is 0 Å². The number of hydrogen-bond donors (Lipinski definition) is 1. The Bertz CT molecular complexity index is 677. The predicted octanol–water partition coefficient (Wildman–Crippen LogP) is 4.75. The van der Waals surface area contributed by atoms with E-state index >= 15 is 0 Å². The standard InChI is InChI=1S/C21H24N2O.ClH/c24-21(14-11-18-7-3-1-4-8-18)22-20-12-9-19(10-13-20)17-23-15-5-2-6-16-23;/h1,3-4,7-14H,2,5-6,15-17H2,(H,22,24);1H. The van der Waals surface area contributed by atoms with E-state index in [1.54, 1.807) is 6.08 Å². The maximum Gasteiger partial charge on any atom is 0.248 e. The Balaban J connectivity index is 0.00000225. The fraction of sp³-hybridized carbons (Fsp3) is 0.286. The monoisotopic (exact) mass is 356 g/mol. The van der Waals surface area contributed by atoms with Crippen molar-refractivity contribution >= 4 is 30.1 Å². The molecule has 0 spiro atoms. The van der Waals surface area contributed by atoms with Gasteiger partial charge in [-0.25, -0.2) is 0 Å². The highest BCUT2D eigenvalue weighted by Gasteiger charge is 2.10. The summed E-state index contributed by atoms with van der Waals surface area (Å²) in [5.74, 6) is -0.109. The fourth-order valence-electron chi connectivity index (χ4n) is 2.99. The molecule has 0 atom stereocenters. The quantitative estimate of drug-likeness (QED) is 0.784. The van der Waals surface area contributed by atoms with Crippen LogP contribution in [0.25, 0.3) is 6.08 Å². The first kappa shape index (κ1) is 19.2. The molecule has 1 saturated heterocycles. The molecule has 2 aromatic rings. The minimum Gasteiger partial charge on any atom is -0.323 e. The lowest BCUT2D eigenvalue weighted by Gasteiger charge is -2.26. The molecule has 1 aliphatic heterocycles. The van der Waals surface area contributed by atoms with Crippen molar-refractivity contribution in [3.63, 3.8) is 0 Å². The first-order valence-corrected chi connectivity index (χ1v) is 8.65. The molecule has 1 amide bonds. The maximum absolute atomic E-state index is 12.0. The van der Waals surface area contributed by atoms with E-state index in [4.69, 9.17) is 0 Å². The molecule has 0 bridgehead atoms. The van der Waals surface area contributed by atoms with E-state index in [1.165, 1.54) is 37.9 Å². The Labute approximate surface area is 156 Å². The third-order valence-electron chi connectivity index (χ3n) is 4.30. The molecule has 4 heteroatoms. The molecule has 0 radical (unpaired) electrons. The van der Waals surface area contributed by atoms with Crippen molar-refractivity contribution in [3.8, 4) is 0 Å². The van der Waals surface area contributed by atoms with Crippen molar-refractivity contribution < 1.29 is 4.79 Å². The van der Waals surface area contributed by atoms with Gasteiger partial charge in [-0.3, -0.25) is 9.69 Å². The van der Waals surface area contributed by atoms with Crippen LogP contribution in [-0.2, 0) is 11.3 Å². The van der Waals surface area contributed by atoms with E-state index in [0.29, 0.717) is 0 Å². The average Bonchev–Trinajstić information content (AvgIpc) is 2.63. The molecular weight excluding hydrogens is 332 g/mol. The van der Waals surface area contributed by atoms with Gasteiger partial charge in [-0.1, -0.05) is 48.9 Å². The number of rotatable bonds is 5. The zero-order chi connectivity index (χ0) is 16.6. The average molecular weight is 357 g/mol. The Morgan fingerprint density at radius 2 is 1.64 bits per heavy atom. The summed E-state index contributed by atoms with van der Waals surface area (Å²) in [5.41, 5.74) is 3.15. The second-order valence-electron chi connectivity index (χ2n) is 6.27. The minimum absolute atomic E-state index is 0. The zero-order valence-electron chi connectivity index (χ0n) is 14.4. The second-order valence-corrected chi connectivity index (χ2v) is 6.27. The maximum atomic E-state index is 12.0. The third kappa shape index (κ3) is 6.37. The SMILES string of the molecule is Cl.O=C(C=Cc1ccccc1)Nc1ccc(CN2CCCCC2)cc1. The molecule has 1 fully saturated rings. The van der Waals surface area contributed by atoms with E-state index in [-0.39, 0.29) is 18.3 Å². The molecule has 0 saturated carbocycles. The summed E-state index contributed by atoms with van der Waals surface area (Å²) in [6.07, 6.45) is 7.36. The van der Waals surface area contributed by atoms with Crippen LogP contribution >= 0.6 is 12.4 Å². The molecule has 2 aromatic carbocycles. The van der Waals surface area contributed by atoms with E-state index in [1.807, 2.05) is 48.5 Å². The number of piperidine rings is 1. The molecule has 1 heterocycles. The number of amides is 1. The second kappa shape index (κ2) is 10.0. The van der Waals surface area contributed by atoms with Crippen molar-refractivity contribution in [1.29, 1.82) is 0 Å². The van der Waals surface area contributed by atoms with Crippen molar-refractivity contribution in [2.24, 2.45) is 0 Å². The van der Waals surface area contributed by atoms with Gasteiger partial charge in [0, 0.05) is 18.3 Å². The summed E-state index contributed by atoms with van der Waals surface area (Å²) in [6.45, 7) is 3.40. The molecular formula is C21H25ClN2O. The number of likely N-dealkylation sites (tertiary alicyclic amines) is 1. The minimum atomic E-state index is -0.109. The van der Waals surface area contributed by atoms with Crippen LogP contribution in [0.5, 0.6) is 0 Å². The van der Waals surface area contributed by atoms with Crippen molar-refractivity contribution in [2.75, 3.05) is 18.4 Å². The van der Waals surface area contributed by atoms with Gasteiger partial charge in [0.2, 0.25) is 5.91 Å². The molecule has 0 unspecified atom stereocenters. The summed E-state index contributed by atoms with van der Waals surface area (Å²) < 4.78 is 0. The summed E-state index contributed by atoms with van der Waals surface area (Å²) in [4.78, 5) is 14.5. The lowest BCUT2D eigenvalue weighted by atomic mass is 10.1. The number of carbonyl (C=O) groups excluding carboxylic acids is 1. The number of anilines is 1. The van der Waals surface area contributed by atoms with Crippen LogP contribution in [0.3, 0.4) is 0 Å². The Morgan fingerprint density at radius 3 is 2.32 bits per heavy atom. The summed E-state index contributed by atoms with van der Waals surface area (Å²) in [6, 6.07) is 18.0. The van der Waals surface area contributed by atoms with Gasteiger partial charge >= 0.3 is 0 Å². The van der Waals surface area contributed by atoms with Crippen molar-refractivity contribution in [1.82, 2.24) is 4.90 Å². The van der Waals surface area contributed by atoms with Crippen molar-refractivity contribution in [3.05, 3.63) is 71.8 Å². The van der Waals surface area contributed by atoms with Gasteiger partial charge in [-0.2, -0.15) is 0 Å². The molecule has 132 valence electrons. The highest BCUT2D eigenvalue weighted by Crippen LogP contribution is 2.15. The van der Waals surface area contributed by atoms with Gasteiger partial charge in [-0.05, 0) is 55.3 Å². The normalized spacial score (nSPS) is 14.9. The van der Waals surface area contributed by atoms with Crippen LogP contribution in [0, 0.1) is 0 Å². The topological polar surface area (TPSA) is 32.3 Å². The molecule has 0 aliphatic carbocycles. The van der Waals surface area contributed by atoms with Gasteiger partial charge < -0.3 is 5.32 Å². The van der Waals surface area contributed by atoms with Crippen molar-refractivity contribution in [2.45, 2.75) is 25.8 Å². The molecule has 0 aromatic heterocycles. The van der Waals surface area contributed by atoms with E-state index in [2.05, 4.69) is 22.3 Å². The van der Waals surface area contributed by atoms with Crippen LogP contribution in [0.4, 0.5) is 5.69 Å². The smallest absolute Gasteiger partial charge is 0.248 e. The predicted molar refractivity (Wildman–Crippen MR) is 107 cm³/mol. The Morgan fingerprint density at radius 1 is 0.960 bits per heavy atom. The molecule has 1 N–H and O–H groups in total. The largest absolute Gasteiger partial charge is 0.323 e. The lowest BCUT2D eigenvalue weighted by Crippen LogP contribution is -2.29. The summed E-state index contributed by atoms with van der Waals surface area (Å²) in [5, 5.41) is 2.90. The lowest BCUT2D eigenvalue weighted by molar-refractivity contribution is -0.111. The number of carbonyl (C=O) groups is 1. The number of nitrogens with one attached hydrogen (secondary N) is 1. The Hall–Kier alpha value is -2.10. The highest BCUT2D eigenvalue weighted by molar-refractivity contribution is 6.01. The summed E-state index contributed by atoms with van der Waals surface area (Å²) >= 11 is 0. The number of nitrogens with zero attached hydrogens (tertiary/aromatic N) is 1. The number of halogens is 1. The fourth-order valence-corrected chi connectivity index (χ4v) is 2.99. The van der Waals surface area contributed by atoms with Crippen LogP contribution in [-0.4, -0.2) is 23.9 Å². The molecule has 3 rings (SSSR count). The number of hydrogen-bond acceptors (Lipinski definition) is 2. The first-order chi connectivity index (χ1) is 11.8. The third-order valence-corrected chi connectivity index (χ3v) is 4.30. The van der Waals surface area contributed by atoms with Gasteiger partial charge in [0.05, 0.1) is 0 Å². The highest BCUT2D eigenvalue weighted by atomic mass is 35.5. The molecule has 25 heavy (non-hydrogen) atoms. The number of benzene rings is 2. The van der Waals surface area contributed by atoms with E-state index in [9.17, 15) is 4.79 Å². The van der Waals surface area contributed by atoms with E-state index in [0.717, 1.165) is 17.8 Å². The van der Waals surface area contributed by atoms with Gasteiger partial charge in [-0.15, -0.1) is 12.4 Å². The molecule has 1 aliphatic rings. The van der Waals surface area contributed by atoms with E-state index < -0.39 is 0 Å².